The van der Waals surface area contributed by atoms with Crippen molar-refractivity contribution < 1.29 is 19.2 Å². The zero-order chi connectivity index (χ0) is 20.3. The molecule has 1 saturated heterocycles. The number of hydrogen-bond donors (Lipinski definition) is 3. The molecule has 148 valence electrons. The number of aliphatic hydroxyl groups is 1. The SMILES string of the molecule is Nc1ccc(C(=O)NCc2ccc(N3CCC(O)CC3)c(F)c2)cc1[N+](=O)[O-]. The quantitative estimate of drug-likeness (QED) is 0.410. The molecule has 1 aliphatic rings. The van der Waals surface area contributed by atoms with E-state index in [1.807, 2.05) is 4.90 Å². The van der Waals surface area contributed by atoms with Crippen molar-refractivity contribution >= 4 is 23.0 Å². The normalized spacial score (nSPS) is 14.7. The summed E-state index contributed by atoms with van der Waals surface area (Å²) in [6.07, 6.45) is 0.869. The number of nitrogens with two attached hydrogens (primary N) is 1. The minimum absolute atomic E-state index is 0.0237. The fourth-order valence-electron chi connectivity index (χ4n) is 3.15. The van der Waals surface area contributed by atoms with Gasteiger partial charge >= 0.3 is 0 Å². The zero-order valence-electron chi connectivity index (χ0n) is 15.1. The minimum atomic E-state index is -0.653. The van der Waals surface area contributed by atoms with Gasteiger partial charge in [-0.05, 0) is 42.7 Å². The molecule has 0 saturated carbocycles. The maximum absolute atomic E-state index is 14.5. The first-order valence-corrected chi connectivity index (χ1v) is 8.88. The topological polar surface area (TPSA) is 122 Å². The number of halogens is 1. The molecule has 0 atom stereocenters. The van der Waals surface area contributed by atoms with Crippen LogP contribution in [0.1, 0.15) is 28.8 Å². The van der Waals surface area contributed by atoms with Crippen molar-refractivity contribution in [1.29, 1.82) is 0 Å². The van der Waals surface area contributed by atoms with Crippen LogP contribution >= 0.6 is 0 Å². The van der Waals surface area contributed by atoms with E-state index in [4.69, 9.17) is 5.73 Å². The van der Waals surface area contributed by atoms with Gasteiger partial charge in [0.15, 0.2) is 0 Å². The summed E-state index contributed by atoms with van der Waals surface area (Å²) in [4.78, 5) is 24.4. The highest BCUT2D eigenvalue weighted by Gasteiger charge is 2.20. The summed E-state index contributed by atoms with van der Waals surface area (Å²) < 4.78 is 14.5. The van der Waals surface area contributed by atoms with Crippen molar-refractivity contribution in [3.8, 4) is 0 Å². The Morgan fingerprint density at radius 2 is 2.00 bits per heavy atom. The highest BCUT2D eigenvalue weighted by atomic mass is 19.1. The molecule has 1 fully saturated rings. The molecule has 28 heavy (non-hydrogen) atoms. The second kappa shape index (κ2) is 8.22. The lowest BCUT2D eigenvalue weighted by Gasteiger charge is -2.31. The number of carbonyl (C=O) groups is 1. The van der Waals surface area contributed by atoms with Gasteiger partial charge in [-0.25, -0.2) is 4.39 Å². The van der Waals surface area contributed by atoms with Crippen LogP contribution in [0.2, 0.25) is 0 Å². The van der Waals surface area contributed by atoms with Gasteiger partial charge in [-0.2, -0.15) is 0 Å². The van der Waals surface area contributed by atoms with Crippen LogP contribution in [0.15, 0.2) is 36.4 Å². The summed E-state index contributed by atoms with van der Waals surface area (Å²) in [5.74, 6) is -0.913. The van der Waals surface area contributed by atoms with Crippen molar-refractivity contribution in [2.75, 3.05) is 23.7 Å². The lowest BCUT2D eigenvalue weighted by Crippen LogP contribution is -2.36. The highest BCUT2D eigenvalue weighted by molar-refractivity contribution is 5.95. The maximum Gasteiger partial charge on any atom is 0.292 e. The number of aliphatic hydroxyl groups excluding tert-OH is 1. The van der Waals surface area contributed by atoms with Crippen molar-refractivity contribution in [3.05, 3.63) is 63.5 Å². The van der Waals surface area contributed by atoms with Gasteiger partial charge < -0.3 is 21.1 Å². The van der Waals surface area contributed by atoms with Gasteiger partial charge in [-0.1, -0.05) is 6.07 Å². The number of piperidine rings is 1. The fraction of sp³-hybridized carbons (Fsp3) is 0.316. The first-order valence-electron chi connectivity index (χ1n) is 8.88. The van der Waals surface area contributed by atoms with E-state index in [1.165, 1.54) is 18.2 Å². The number of amides is 1. The van der Waals surface area contributed by atoms with Gasteiger partial charge in [0.05, 0.1) is 16.7 Å². The number of rotatable bonds is 5. The number of nitro groups is 1. The monoisotopic (exact) mass is 388 g/mol. The Balaban J connectivity index is 1.65. The number of anilines is 2. The van der Waals surface area contributed by atoms with Gasteiger partial charge in [0.2, 0.25) is 0 Å². The Bertz CT molecular complexity index is 897. The molecule has 2 aromatic carbocycles. The molecule has 1 aliphatic heterocycles. The Hall–Kier alpha value is -3.20. The van der Waals surface area contributed by atoms with E-state index in [-0.39, 0.29) is 29.6 Å². The molecule has 9 heteroatoms. The number of carbonyl (C=O) groups excluding carboxylic acids is 1. The van der Waals surface area contributed by atoms with E-state index < -0.39 is 16.6 Å². The van der Waals surface area contributed by atoms with Crippen molar-refractivity contribution in [2.45, 2.75) is 25.5 Å². The van der Waals surface area contributed by atoms with Crippen molar-refractivity contribution in [2.24, 2.45) is 0 Å². The van der Waals surface area contributed by atoms with Crippen LogP contribution in [0.5, 0.6) is 0 Å². The third-order valence-corrected chi connectivity index (χ3v) is 4.76. The van der Waals surface area contributed by atoms with Crippen LogP contribution in [-0.2, 0) is 6.54 Å². The van der Waals surface area contributed by atoms with Crippen LogP contribution in [0, 0.1) is 15.9 Å². The van der Waals surface area contributed by atoms with Gasteiger partial charge in [0.25, 0.3) is 11.6 Å². The summed E-state index contributed by atoms with van der Waals surface area (Å²) in [6, 6.07) is 8.53. The molecular weight excluding hydrogens is 367 g/mol. The summed E-state index contributed by atoms with van der Waals surface area (Å²) >= 11 is 0. The average Bonchev–Trinajstić information content (AvgIpc) is 2.67. The molecular formula is C19H21FN4O4. The number of nitro benzene ring substituents is 1. The Morgan fingerprint density at radius 3 is 2.64 bits per heavy atom. The number of nitrogens with zero attached hydrogens (tertiary/aromatic N) is 2. The molecule has 2 aromatic rings. The predicted octanol–water partition coefficient (Wildman–Crippen LogP) is 2.21. The fourth-order valence-corrected chi connectivity index (χ4v) is 3.15. The molecule has 0 bridgehead atoms. The maximum atomic E-state index is 14.5. The first-order chi connectivity index (χ1) is 13.3. The van der Waals surface area contributed by atoms with Crippen molar-refractivity contribution in [3.63, 3.8) is 0 Å². The highest BCUT2D eigenvalue weighted by Crippen LogP contribution is 2.25. The molecule has 1 heterocycles. The molecule has 8 nitrogen and oxygen atoms in total. The van der Waals surface area contributed by atoms with Crippen LogP contribution in [0.25, 0.3) is 0 Å². The second-order valence-corrected chi connectivity index (χ2v) is 6.72. The van der Waals surface area contributed by atoms with Gasteiger partial charge in [0.1, 0.15) is 11.5 Å². The Morgan fingerprint density at radius 1 is 1.29 bits per heavy atom. The van der Waals surface area contributed by atoms with Crippen LogP contribution in [-0.4, -0.2) is 35.1 Å². The third-order valence-electron chi connectivity index (χ3n) is 4.76. The third kappa shape index (κ3) is 4.37. The number of nitrogen functional groups attached to an aromatic ring is 1. The molecule has 0 unspecified atom stereocenters. The Kier molecular flexibility index (Phi) is 5.74. The van der Waals surface area contributed by atoms with E-state index in [2.05, 4.69) is 5.32 Å². The molecule has 3 rings (SSSR count). The van der Waals surface area contributed by atoms with Gasteiger partial charge in [-0.15, -0.1) is 0 Å². The summed E-state index contributed by atoms with van der Waals surface area (Å²) in [6.45, 7) is 1.25. The molecule has 4 N–H and O–H groups in total. The van der Waals surface area contributed by atoms with E-state index in [0.29, 0.717) is 37.2 Å². The lowest BCUT2D eigenvalue weighted by molar-refractivity contribution is -0.383. The summed E-state index contributed by atoms with van der Waals surface area (Å²) in [5, 5.41) is 23.1. The standard InChI is InChI=1S/C19H21FN4O4/c20-15-9-12(1-4-17(15)23-7-5-14(25)6-8-23)11-22-19(26)13-2-3-16(21)18(10-13)24(27)28/h1-4,9-10,14,25H,5-8,11,21H2,(H,22,26). The smallest absolute Gasteiger partial charge is 0.292 e. The first kappa shape index (κ1) is 19.6. The van der Waals surface area contributed by atoms with E-state index in [9.17, 15) is 24.4 Å². The van der Waals surface area contributed by atoms with E-state index in [0.717, 1.165) is 6.07 Å². The van der Waals surface area contributed by atoms with E-state index >= 15 is 0 Å². The second-order valence-electron chi connectivity index (χ2n) is 6.72. The minimum Gasteiger partial charge on any atom is -0.393 e. The number of hydrogen-bond acceptors (Lipinski definition) is 6. The van der Waals surface area contributed by atoms with E-state index in [1.54, 1.807) is 12.1 Å². The summed E-state index contributed by atoms with van der Waals surface area (Å²) in [7, 11) is 0. The van der Waals surface area contributed by atoms with Crippen LogP contribution in [0.3, 0.4) is 0 Å². The molecule has 0 aromatic heterocycles. The molecule has 0 spiro atoms. The largest absolute Gasteiger partial charge is 0.393 e. The molecule has 0 radical (unpaired) electrons. The molecule has 0 aliphatic carbocycles. The lowest BCUT2D eigenvalue weighted by atomic mass is 10.1. The van der Waals surface area contributed by atoms with Gasteiger partial charge in [-0.3, -0.25) is 14.9 Å². The van der Waals surface area contributed by atoms with Crippen LogP contribution in [0.4, 0.5) is 21.5 Å². The predicted molar refractivity (Wildman–Crippen MR) is 103 cm³/mol. The average molecular weight is 388 g/mol. The van der Waals surface area contributed by atoms with Crippen molar-refractivity contribution in [1.82, 2.24) is 5.32 Å². The van der Waals surface area contributed by atoms with Crippen LogP contribution < -0.4 is 16.0 Å². The molecule has 1 amide bonds. The zero-order valence-corrected chi connectivity index (χ0v) is 15.1. The summed E-state index contributed by atoms with van der Waals surface area (Å²) in [5.41, 5.74) is 6.30. The van der Waals surface area contributed by atoms with Gasteiger partial charge in [0, 0.05) is 31.3 Å². The number of benzene rings is 2. The number of nitrogens with one attached hydrogen (secondary N) is 1. The Labute approximate surface area is 160 Å².